The molecule has 0 radical (unpaired) electrons. The van der Waals surface area contributed by atoms with Crippen LogP contribution in [-0.2, 0) is 4.32 Å². The average molecular weight is 226 g/mol. The molecule has 3 heteroatoms. The largest absolute Gasteiger partial charge is 0.150 e. The molecule has 1 aliphatic carbocycles. The van der Waals surface area contributed by atoms with Gasteiger partial charge < -0.3 is 0 Å². The van der Waals surface area contributed by atoms with Crippen LogP contribution in [0.15, 0.2) is 35.5 Å². The van der Waals surface area contributed by atoms with Crippen LogP contribution >= 0.6 is 15.9 Å². The lowest BCUT2D eigenvalue weighted by Gasteiger charge is -2.05. The Balaban J connectivity index is 2.28. The van der Waals surface area contributed by atoms with Gasteiger partial charge in [0.2, 0.25) is 0 Å². The molecular formula is C9H8BrNO. The van der Waals surface area contributed by atoms with Crippen LogP contribution in [0, 0.1) is 4.91 Å². The number of alkyl halides is 1. The number of nitrogens with zero attached hydrogens (tertiary/aromatic N) is 1. The van der Waals surface area contributed by atoms with Gasteiger partial charge in [0.1, 0.15) is 6.04 Å². The van der Waals surface area contributed by atoms with E-state index in [-0.39, 0.29) is 10.4 Å². The summed E-state index contributed by atoms with van der Waals surface area (Å²) in [5.41, 5.74) is 1.15. The summed E-state index contributed by atoms with van der Waals surface area (Å²) in [7, 11) is 0. The van der Waals surface area contributed by atoms with E-state index in [1.54, 1.807) is 0 Å². The van der Waals surface area contributed by atoms with E-state index >= 15 is 0 Å². The van der Waals surface area contributed by atoms with Gasteiger partial charge in [0.05, 0.1) is 4.32 Å². The van der Waals surface area contributed by atoms with E-state index in [4.69, 9.17) is 0 Å². The second-order valence-corrected chi connectivity index (χ2v) is 4.47. The first-order valence-electron chi connectivity index (χ1n) is 3.84. The Bertz CT molecular complexity index is 301. The van der Waals surface area contributed by atoms with E-state index in [2.05, 4.69) is 21.1 Å². The molecule has 0 N–H and O–H groups in total. The number of hydrogen-bond acceptors (Lipinski definition) is 2. The van der Waals surface area contributed by atoms with E-state index in [9.17, 15) is 4.91 Å². The highest BCUT2D eigenvalue weighted by Crippen LogP contribution is 2.55. The molecule has 0 saturated heterocycles. The van der Waals surface area contributed by atoms with Crippen molar-refractivity contribution in [3.05, 3.63) is 40.8 Å². The van der Waals surface area contributed by atoms with Gasteiger partial charge >= 0.3 is 0 Å². The number of rotatable bonds is 2. The minimum atomic E-state index is -0.157. The third-order valence-electron chi connectivity index (χ3n) is 2.24. The van der Waals surface area contributed by atoms with Crippen molar-refractivity contribution in [2.75, 3.05) is 0 Å². The smallest absolute Gasteiger partial charge is 0.113 e. The van der Waals surface area contributed by atoms with Crippen LogP contribution < -0.4 is 0 Å². The summed E-state index contributed by atoms with van der Waals surface area (Å²) in [5.74, 6) is 0. The Morgan fingerprint density at radius 3 is 2.58 bits per heavy atom. The molecule has 0 aliphatic heterocycles. The molecule has 1 saturated carbocycles. The van der Waals surface area contributed by atoms with Gasteiger partial charge in [-0.2, -0.15) is 4.91 Å². The summed E-state index contributed by atoms with van der Waals surface area (Å²) >= 11 is 3.53. The maximum Gasteiger partial charge on any atom is 0.113 e. The number of nitroso groups, excluding NO2 is 1. The number of halogens is 1. The van der Waals surface area contributed by atoms with Gasteiger partial charge in [0.25, 0.3) is 0 Å². The summed E-state index contributed by atoms with van der Waals surface area (Å²) in [6, 6.07) is 9.85. The Morgan fingerprint density at radius 2 is 2.08 bits per heavy atom. The Morgan fingerprint density at radius 1 is 1.42 bits per heavy atom. The fourth-order valence-electron chi connectivity index (χ4n) is 1.37. The summed E-state index contributed by atoms with van der Waals surface area (Å²) in [4.78, 5) is 10.3. The maximum atomic E-state index is 10.3. The number of hydrogen-bond donors (Lipinski definition) is 0. The predicted molar refractivity (Wildman–Crippen MR) is 51.2 cm³/mol. The molecule has 0 aromatic heterocycles. The molecule has 1 aliphatic rings. The van der Waals surface area contributed by atoms with Gasteiger partial charge in [-0.3, -0.25) is 0 Å². The third-order valence-corrected chi connectivity index (χ3v) is 3.55. The van der Waals surface area contributed by atoms with Gasteiger partial charge in [0, 0.05) is 0 Å². The molecule has 0 heterocycles. The molecule has 0 bridgehead atoms. The maximum absolute atomic E-state index is 10.3. The Hall–Kier alpha value is -0.700. The summed E-state index contributed by atoms with van der Waals surface area (Å²) in [6.07, 6.45) is 0.820. The first-order chi connectivity index (χ1) is 5.77. The van der Waals surface area contributed by atoms with Crippen molar-refractivity contribution >= 4 is 15.9 Å². The zero-order valence-corrected chi connectivity index (χ0v) is 7.99. The average Bonchev–Trinajstić information content (AvgIpc) is 2.81. The fraction of sp³-hybridized carbons (Fsp3) is 0.333. The zero-order chi connectivity index (χ0) is 8.60. The highest BCUT2D eigenvalue weighted by molar-refractivity contribution is 9.09. The van der Waals surface area contributed by atoms with E-state index in [1.807, 2.05) is 30.3 Å². The molecule has 2 unspecified atom stereocenters. The Labute approximate surface area is 79.1 Å². The molecule has 12 heavy (non-hydrogen) atoms. The van der Waals surface area contributed by atoms with Gasteiger partial charge in [-0.1, -0.05) is 51.4 Å². The van der Waals surface area contributed by atoms with Crippen molar-refractivity contribution in [1.82, 2.24) is 0 Å². The zero-order valence-electron chi connectivity index (χ0n) is 6.40. The van der Waals surface area contributed by atoms with Gasteiger partial charge in [-0.05, 0) is 12.0 Å². The molecule has 1 aromatic rings. The molecular weight excluding hydrogens is 218 g/mol. The standard InChI is InChI=1S/C9H8BrNO/c10-9(6-8(9)11-12)7-4-2-1-3-5-7/h1-5,8H,6H2. The first-order valence-corrected chi connectivity index (χ1v) is 4.63. The molecule has 2 nitrogen and oxygen atoms in total. The molecule has 0 amide bonds. The van der Waals surface area contributed by atoms with Crippen LogP contribution in [0.5, 0.6) is 0 Å². The molecule has 62 valence electrons. The summed E-state index contributed by atoms with van der Waals surface area (Å²) < 4.78 is -0.157. The minimum Gasteiger partial charge on any atom is -0.150 e. The second-order valence-electron chi connectivity index (χ2n) is 3.05. The van der Waals surface area contributed by atoms with Crippen molar-refractivity contribution in [1.29, 1.82) is 0 Å². The lowest BCUT2D eigenvalue weighted by atomic mass is 10.1. The molecule has 0 spiro atoms. The van der Waals surface area contributed by atoms with Crippen molar-refractivity contribution in [2.24, 2.45) is 5.18 Å². The van der Waals surface area contributed by atoms with Crippen LogP contribution in [0.3, 0.4) is 0 Å². The van der Waals surface area contributed by atoms with Crippen molar-refractivity contribution in [2.45, 2.75) is 16.8 Å². The SMILES string of the molecule is O=NC1CC1(Br)c1ccccc1. The predicted octanol–water partition coefficient (Wildman–Crippen LogP) is 2.82. The van der Waals surface area contributed by atoms with Crippen LogP contribution in [0.4, 0.5) is 0 Å². The molecule has 1 fully saturated rings. The van der Waals surface area contributed by atoms with Crippen LogP contribution in [0.1, 0.15) is 12.0 Å². The van der Waals surface area contributed by atoms with E-state index in [1.165, 1.54) is 0 Å². The fourth-order valence-corrected chi connectivity index (χ4v) is 2.02. The second kappa shape index (κ2) is 2.66. The summed E-state index contributed by atoms with van der Waals surface area (Å²) in [5, 5.41) is 3.03. The lowest BCUT2D eigenvalue weighted by Crippen LogP contribution is -2.00. The monoisotopic (exact) mass is 225 g/mol. The quantitative estimate of drug-likeness (QED) is 0.563. The highest BCUT2D eigenvalue weighted by Gasteiger charge is 2.55. The van der Waals surface area contributed by atoms with Crippen LogP contribution in [0.2, 0.25) is 0 Å². The normalized spacial score (nSPS) is 32.9. The van der Waals surface area contributed by atoms with Gasteiger partial charge in [-0.25, -0.2) is 0 Å². The van der Waals surface area contributed by atoms with E-state index < -0.39 is 0 Å². The topological polar surface area (TPSA) is 29.4 Å². The summed E-state index contributed by atoms with van der Waals surface area (Å²) in [6.45, 7) is 0. The van der Waals surface area contributed by atoms with Crippen LogP contribution in [0.25, 0.3) is 0 Å². The highest BCUT2D eigenvalue weighted by atomic mass is 79.9. The molecule has 2 atom stereocenters. The third kappa shape index (κ3) is 1.08. The minimum absolute atomic E-state index is 0.0834. The van der Waals surface area contributed by atoms with Crippen molar-refractivity contribution in [3.63, 3.8) is 0 Å². The van der Waals surface area contributed by atoms with Crippen LogP contribution in [-0.4, -0.2) is 6.04 Å². The van der Waals surface area contributed by atoms with E-state index in [0.29, 0.717) is 0 Å². The lowest BCUT2D eigenvalue weighted by molar-refractivity contribution is 0.941. The molecule has 1 aromatic carbocycles. The number of benzene rings is 1. The van der Waals surface area contributed by atoms with E-state index in [0.717, 1.165) is 12.0 Å². The van der Waals surface area contributed by atoms with Crippen molar-refractivity contribution < 1.29 is 0 Å². The van der Waals surface area contributed by atoms with Gasteiger partial charge in [-0.15, -0.1) is 0 Å². The van der Waals surface area contributed by atoms with Gasteiger partial charge in [0.15, 0.2) is 0 Å². The molecule has 2 rings (SSSR count). The Kier molecular flexibility index (Phi) is 1.76. The first kappa shape index (κ1) is 7.92. The van der Waals surface area contributed by atoms with Crippen molar-refractivity contribution in [3.8, 4) is 0 Å².